The van der Waals surface area contributed by atoms with Gasteiger partial charge in [-0.25, -0.2) is 4.98 Å². The summed E-state index contributed by atoms with van der Waals surface area (Å²) in [6, 6.07) is 4.29. The molecular formula is C20H32N4O. The maximum absolute atomic E-state index is 12.2. The van der Waals surface area contributed by atoms with Crippen LogP contribution in [0.1, 0.15) is 24.8 Å². The first-order chi connectivity index (χ1) is 12.0. The molecule has 2 rings (SSSR count). The van der Waals surface area contributed by atoms with Gasteiger partial charge >= 0.3 is 0 Å². The third kappa shape index (κ3) is 6.50. The Balaban J connectivity index is 1.74. The van der Waals surface area contributed by atoms with Crippen molar-refractivity contribution in [3.63, 3.8) is 0 Å². The highest BCUT2D eigenvalue weighted by Gasteiger charge is 2.21. The first-order valence-electron chi connectivity index (χ1n) is 9.18. The van der Waals surface area contributed by atoms with Gasteiger partial charge < -0.3 is 14.7 Å². The summed E-state index contributed by atoms with van der Waals surface area (Å²) in [7, 11) is 8.05. The average molecular weight is 345 g/mol. The number of hydrogen-bond acceptors (Lipinski definition) is 4. The normalized spacial score (nSPS) is 16.0. The van der Waals surface area contributed by atoms with Crippen LogP contribution in [0.25, 0.3) is 0 Å². The lowest BCUT2D eigenvalue weighted by atomic mass is 9.90. The van der Waals surface area contributed by atoms with Gasteiger partial charge in [-0.15, -0.1) is 0 Å². The van der Waals surface area contributed by atoms with E-state index in [4.69, 9.17) is 0 Å². The molecule has 1 amide bonds. The van der Waals surface area contributed by atoms with Crippen LogP contribution >= 0.6 is 0 Å². The van der Waals surface area contributed by atoms with E-state index in [1.807, 2.05) is 50.3 Å². The van der Waals surface area contributed by atoms with Crippen molar-refractivity contribution < 1.29 is 4.79 Å². The maximum Gasteiger partial charge on any atom is 0.246 e. The summed E-state index contributed by atoms with van der Waals surface area (Å²) in [5.41, 5.74) is 1.35. The molecule has 0 atom stereocenters. The molecule has 1 saturated heterocycles. The van der Waals surface area contributed by atoms with Crippen LogP contribution in [-0.4, -0.2) is 68.5 Å². The van der Waals surface area contributed by atoms with Crippen molar-refractivity contribution in [3.8, 4) is 0 Å². The predicted molar refractivity (Wildman–Crippen MR) is 104 cm³/mol. The Kier molecular flexibility index (Phi) is 7.44. The van der Waals surface area contributed by atoms with Gasteiger partial charge in [0.05, 0.1) is 0 Å². The molecule has 1 fully saturated rings. The Hall–Kier alpha value is -1.88. The number of anilines is 1. The Bertz CT molecular complexity index is 575. The van der Waals surface area contributed by atoms with Crippen LogP contribution in [0.3, 0.4) is 0 Å². The van der Waals surface area contributed by atoms with E-state index in [2.05, 4.69) is 22.0 Å². The predicted octanol–water partition coefficient (Wildman–Crippen LogP) is 2.44. The highest BCUT2D eigenvalue weighted by Crippen LogP contribution is 2.23. The van der Waals surface area contributed by atoms with E-state index in [0.29, 0.717) is 5.92 Å². The van der Waals surface area contributed by atoms with Crippen LogP contribution in [0.15, 0.2) is 30.5 Å². The topological polar surface area (TPSA) is 39.7 Å². The van der Waals surface area contributed by atoms with Crippen molar-refractivity contribution in [2.75, 3.05) is 52.7 Å². The highest BCUT2D eigenvalue weighted by atomic mass is 16.2. The molecule has 0 N–H and O–H groups in total. The molecule has 1 aromatic rings. The lowest BCUT2D eigenvalue weighted by Gasteiger charge is -2.31. The Morgan fingerprint density at radius 1 is 1.28 bits per heavy atom. The second-order valence-corrected chi connectivity index (χ2v) is 7.39. The van der Waals surface area contributed by atoms with E-state index < -0.39 is 0 Å². The van der Waals surface area contributed by atoms with Crippen molar-refractivity contribution in [2.24, 2.45) is 5.92 Å². The number of piperidine rings is 1. The van der Waals surface area contributed by atoms with E-state index in [1.54, 1.807) is 6.08 Å². The zero-order valence-corrected chi connectivity index (χ0v) is 16.1. The van der Waals surface area contributed by atoms with E-state index >= 15 is 0 Å². The first kappa shape index (κ1) is 19.4. The van der Waals surface area contributed by atoms with Crippen LogP contribution in [-0.2, 0) is 11.2 Å². The van der Waals surface area contributed by atoms with Gasteiger partial charge in [-0.05, 0) is 63.4 Å². The van der Waals surface area contributed by atoms with Crippen molar-refractivity contribution in [1.82, 2.24) is 14.8 Å². The number of aryl methyl sites for hydroxylation is 1. The molecule has 2 heterocycles. The fourth-order valence-electron chi connectivity index (χ4n) is 3.14. The van der Waals surface area contributed by atoms with E-state index in [0.717, 1.165) is 44.7 Å². The SMILES string of the molecule is CN(C)C/C=C/C(=O)N1CCC(CCc2ccnc(N(C)C)c2)CC1. The van der Waals surface area contributed by atoms with Gasteiger partial charge in [0.25, 0.3) is 0 Å². The average Bonchev–Trinajstić information content (AvgIpc) is 2.60. The number of aromatic nitrogens is 1. The molecule has 138 valence electrons. The summed E-state index contributed by atoms with van der Waals surface area (Å²) in [5, 5.41) is 0. The molecule has 1 aliphatic heterocycles. The summed E-state index contributed by atoms with van der Waals surface area (Å²) in [6.07, 6.45) is 10.1. The molecule has 0 radical (unpaired) electrons. The van der Waals surface area contributed by atoms with Crippen LogP contribution in [0.2, 0.25) is 0 Å². The first-order valence-corrected chi connectivity index (χ1v) is 9.18. The van der Waals surface area contributed by atoms with Crippen LogP contribution < -0.4 is 4.90 Å². The number of nitrogens with zero attached hydrogens (tertiary/aromatic N) is 4. The molecule has 0 aliphatic carbocycles. The summed E-state index contributed by atoms with van der Waals surface area (Å²) in [4.78, 5) is 22.6. The highest BCUT2D eigenvalue weighted by molar-refractivity contribution is 5.87. The van der Waals surface area contributed by atoms with Crippen LogP contribution in [0, 0.1) is 5.92 Å². The number of likely N-dealkylation sites (tertiary alicyclic amines) is 1. The van der Waals surface area contributed by atoms with E-state index in [1.165, 1.54) is 12.0 Å². The van der Waals surface area contributed by atoms with Crippen molar-refractivity contribution in [2.45, 2.75) is 25.7 Å². The number of pyridine rings is 1. The fourth-order valence-corrected chi connectivity index (χ4v) is 3.14. The minimum atomic E-state index is 0.157. The largest absolute Gasteiger partial charge is 0.363 e. The zero-order chi connectivity index (χ0) is 18.2. The number of amides is 1. The van der Waals surface area contributed by atoms with Gasteiger partial charge in [0.1, 0.15) is 5.82 Å². The molecule has 1 aliphatic rings. The molecule has 5 nitrogen and oxygen atoms in total. The lowest BCUT2D eigenvalue weighted by molar-refractivity contribution is -0.127. The van der Waals surface area contributed by atoms with Crippen molar-refractivity contribution >= 4 is 11.7 Å². The fraction of sp³-hybridized carbons (Fsp3) is 0.600. The van der Waals surface area contributed by atoms with Gasteiger partial charge in [-0.3, -0.25) is 4.79 Å². The Morgan fingerprint density at radius 2 is 2.00 bits per heavy atom. The molecule has 25 heavy (non-hydrogen) atoms. The quantitative estimate of drug-likeness (QED) is 0.712. The standard InChI is InChI=1S/C20H32N4O/c1-22(2)13-5-6-20(25)24-14-10-17(11-15-24)7-8-18-9-12-21-19(16-18)23(3)4/h5-6,9,12,16-17H,7-8,10-11,13-15H2,1-4H3/b6-5+. The Labute approximate surface area is 152 Å². The van der Waals surface area contributed by atoms with Crippen molar-refractivity contribution in [3.05, 3.63) is 36.0 Å². The molecular weight excluding hydrogens is 312 g/mol. The molecule has 0 unspecified atom stereocenters. The van der Waals surface area contributed by atoms with Gasteiger partial charge in [-0.1, -0.05) is 6.08 Å². The molecule has 0 bridgehead atoms. The number of carbonyl (C=O) groups excluding carboxylic acids is 1. The summed E-state index contributed by atoms with van der Waals surface area (Å²) in [5.74, 6) is 1.89. The zero-order valence-electron chi connectivity index (χ0n) is 16.1. The van der Waals surface area contributed by atoms with Gasteiger partial charge in [-0.2, -0.15) is 0 Å². The molecule has 5 heteroatoms. The third-order valence-corrected chi connectivity index (χ3v) is 4.77. The summed E-state index contributed by atoms with van der Waals surface area (Å²) >= 11 is 0. The summed E-state index contributed by atoms with van der Waals surface area (Å²) < 4.78 is 0. The van der Waals surface area contributed by atoms with Crippen LogP contribution in [0.5, 0.6) is 0 Å². The number of carbonyl (C=O) groups is 1. The third-order valence-electron chi connectivity index (χ3n) is 4.77. The van der Waals surface area contributed by atoms with Crippen LogP contribution in [0.4, 0.5) is 5.82 Å². The smallest absolute Gasteiger partial charge is 0.246 e. The van der Waals surface area contributed by atoms with Gasteiger partial charge in [0.2, 0.25) is 5.91 Å². The minimum Gasteiger partial charge on any atom is -0.363 e. The van der Waals surface area contributed by atoms with Gasteiger partial charge in [0.15, 0.2) is 0 Å². The van der Waals surface area contributed by atoms with Crippen molar-refractivity contribution in [1.29, 1.82) is 0 Å². The second kappa shape index (κ2) is 9.56. The monoisotopic (exact) mass is 344 g/mol. The summed E-state index contributed by atoms with van der Waals surface area (Å²) in [6.45, 7) is 2.58. The maximum atomic E-state index is 12.2. The van der Waals surface area contributed by atoms with Gasteiger partial charge in [0, 0.05) is 46.0 Å². The van der Waals surface area contributed by atoms with E-state index in [9.17, 15) is 4.79 Å². The second-order valence-electron chi connectivity index (χ2n) is 7.39. The van der Waals surface area contributed by atoms with E-state index in [-0.39, 0.29) is 5.91 Å². The number of rotatable bonds is 7. The molecule has 1 aromatic heterocycles. The number of hydrogen-bond donors (Lipinski definition) is 0. The number of likely N-dealkylation sites (N-methyl/N-ethyl adjacent to an activating group) is 1. The minimum absolute atomic E-state index is 0.157. The lowest BCUT2D eigenvalue weighted by Crippen LogP contribution is -2.37. The molecule has 0 aromatic carbocycles. The Morgan fingerprint density at radius 3 is 2.64 bits per heavy atom. The molecule has 0 saturated carbocycles. The molecule has 0 spiro atoms.